The molecule has 5 nitrogen and oxygen atoms in total. The number of fused-ring (bicyclic) bond motifs is 1. The average Bonchev–Trinajstić information content (AvgIpc) is 3.30. The van der Waals surface area contributed by atoms with Crippen molar-refractivity contribution in [2.45, 2.75) is 31.5 Å². The largest absolute Gasteiger partial charge is 0.441 e. The number of halogens is 1. The standard InChI is InChI=1S/C24H22ClN3O2S/c25-20-5-6-22-21(11-20)19(15-31-22)13-27-9-7-24(8-10-27)16-28(23(29)30-24)14-18-4-2-1-3-17(18)12-26/h1-6,11,15H,7-10,13-14,16H2. The van der Waals surface area contributed by atoms with Gasteiger partial charge in [-0.15, -0.1) is 11.3 Å². The van der Waals surface area contributed by atoms with Crippen LogP contribution >= 0.6 is 22.9 Å². The number of nitriles is 1. The summed E-state index contributed by atoms with van der Waals surface area (Å²) in [5, 5.41) is 13.5. The van der Waals surface area contributed by atoms with Crippen molar-refractivity contribution in [3.05, 3.63) is 69.6 Å². The predicted octanol–water partition coefficient (Wildman–Crippen LogP) is 5.41. The van der Waals surface area contributed by atoms with Gasteiger partial charge in [-0.25, -0.2) is 4.79 Å². The molecule has 31 heavy (non-hydrogen) atoms. The summed E-state index contributed by atoms with van der Waals surface area (Å²) in [6.07, 6.45) is 1.36. The zero-order valence-corrected chi connectivity index (χ0v) is 18.6. The van der Waals surface area contributed by atoms with Gasteiger partial charge >= 0.3 is 6.09 Å². The van der Waals surface area contributed by atoms with Crippen LogP contribution in [0.4, 0.5) is 4.79 Å². The van der Waals surface area contributed by atoms with Crippen molar-refractivity contribution in [2.24, 2.45) is 0 Å². The molecule has 0 radical (unpaired) electrons. The number of hydrogen-bond acceptors (Lipinski definition) is 5. The second kappa shape index (κ2) is 8.16. The van der Waals surface area contributed by atoms with Gasteiger partial charge < -0.3 is 4.74 Å². The van der Waals surface area contributed by atoms with Gasteiger partial charge in [-0.1, -0.05) is 29.8 Å². The van der Waals surface area contributed by atoms with Crippen LogP contribution in [0.2, 0.25) is 5.02 Å². The highest BCUT2D eigenvalue weighted by Gasteiger charge is 2.46. The van der Waals surface area contributed by atoms with E-state index >= 15 is 0 Å². The Bertz CT molecular complexity index is 1180. The van der Waals surface area contributed by atoms with Gasteiger partial charge in [-0.2, -0.15) is 5.26 Å². The maximum atomic E-state index is 12.6. The summed E-state index contributed by atoms with van der Waals surface area (Å²) >= 11 is 7.95. The van der Waals surface area contributed by atoms with Crippen LogP contribution in [0.1, 0.15) is 29.5 Å². The first-order chi connectivity index (χ1) is 15.0. The number of likely N-dealkylation sites (tertiary alicyclic amines) is 1. The minimum Gasteiger partial charge on any atom is -0.441 e. The molecule has 0 atom stereocenters. The number of carbonyl (C=O) groups excluding carboxylic acids is 1. The van der Waals surface area contributed by atoms with Gasteiger partial charge in [0, 0.05) is 42.2 Å². The van der Waals surface area contributed by atoms with E-state index in [-0.39, 0.29) is 6.09 Å². The van der Waals surface area contributed by atoms with Gasteiger partial charge in [0.1, 0.15) is 5.60 Å². The fraction of sp³-hybridized carbons (Fsp3) is 0.333. The Balaban J connectivity index is 1.23. The smallest absolute Gasteiger partial charge is 0.410 e. The molecule has 2 aromatic carbocycles. The molecule has 0 bridgehead atoms. The SMILES string of the molecule is N#Cc1ccccc1CN1CC2(CCN(Cc3csc4ccc(Cl)cc34)CC2)OC1=O. The second-order valence-electron chi connectivity index (χ2n) is 8.35. The molecule has 2 saturated heterocycles. The van der Waals surface area contributed by atoms with Crippen molar-refractivity contribution >= 4 is 39.1 Å². The van der Waals surface area contributed by atoms with Crippen LogP contribution in [-0.4, -0.2) is 41.1 Å². The molecule has 1 amide bonds. The Morgan fingerprint density at radius 2 is 1.94 bits per heavy atom. The van der Waals surface area contributed by atoms with E-state index < -0.39 is 5.60 Å². The number of amides is 1. The number of thiophene rings is 1. The minimum absolute atomic E-state index is 0.278. The number of nitrogens with zero attached hydrogens (tertiary/aromatic N) is 3. The predicted molar refractivity (Wildman–Crippen MR) is 122 cm³/mol. The number of hydrogen-bond donors (Lipinski definition) is 0. The average molecular weight is 452 g/mol. The maximum Gasteiger partial charge on any atom is 0.410 e. The summed E-state index contributed by atoms with van der Waals surface area (Å²) < 4.78 is 7.14. The summed E-state index contributed by atoms with van der Waals surface area (Å²) in [6.45, 7) is 3.64. The normalized spacial score (nSPS) is 18.5. The quantitative estimate of drug-likeness (QED) is 0.532. The van der Waals surface area contributed by atoms with E-state index in [0.29, 0.717) is 18.7 Å². The summed E-state index contributed by atoms with van der Waals surface area (Å²) in [5.41, 5.74) is 2.35. The van der Waals surface area contributed by atoms with E-state index in [1.807, 2.05) is 30.3 Å². The second-order valence-corrected chi connectivity index (χ2v) is 9.70. The van der Waals surface area contributed by atoms with Crippen molar-refractivity contribution in [1.82, 2.24) is 9.80 Å². The molecule has 158 valence electrons. The third kappa shape index (κ3) is 4.01. The van der Waals surface area contributed by atoms with Crippen LogP contribution in [0, 0.1) is 11.3 Å². The van der Waals surface area contributed by atoms with E-state index in [1.54, 1.807) is 22.3 Å². The first kappa shape index (κ1) is 20.3. The molecule has 2 aliphatic rings. The molecule has 7 heteroatoms. The lowest BCUT2D eigenvalue weighted by Gasteiger charge is -2.37. The molecule has 2 aliphatic heterocycles. The zero-order chi connectivity index (χ0) is 21.4. The Hall–Kier alpha value is -2.59. The van der Waals surface area contributed by atoms with E-state index in [2.05, 4.69) is 22.4 Å². The van der Waals surface area contributed by atoms with Gasteiger partial charge in [-0.05, 0) is 46.2 Å². The molecule has 5 rings (SSSR count). The number of carbonyl (C=O) groups is 1. The fourth-order valence-corrected chi connectivity index (χ4v) is 5.69. The topological polar surface area (TPSA) is 56.6 Å². The molecule has 3 heterocycles. The van der Waals surface area contributed by atoms with E-state index in [9.17, 15) is 10.1 Å². The first-order valence-electron chi connectivity index (χ1n) is 10.4. The van der Waals surface area contributed by atoms with Gasteiger partial charge in [0.05, 0.1) is 24.7 Å². The van der Waals surface area contributed by atoms with Gasteiger partial charge in [-0.3, -0.25) is 9.80 Å². The molecular formula is C24H22ClN3O2S. The number of ether oxygens (including phenoxy) is 1. The Labute approximate surface area is 190 Å². The highest BCUT2D eigenvalue weighted by molar-refractivity contribution is 7.17. The minimum atomic E-state index is -0.421. The summed E-state index contributed by atoms with van der Waals surface area (Å²) in [7, 11) is 0. The van der Waals surface area contributed by atoms with E-state index in [0.717, 1.165) is 43.1 Å². The summed E-state index contributed by atoms with van der Waals surface area (Å²) in [6, 6.07) is 15.7. The molecule has 0 saturated carbocycles. The Morgan fingerprint density at radius 3 is 2.74 bits per heavy atom. The van der Waals surface area contributed by atoms with Crippen LogP contribution in [0.3, 0.4) is 0 Å². The molecule has 0 aliphatic carbocycles. The van der Waals surface area contributed by atoms with Crippen LogP contribution in [0.25, 0.3) is 10.1 Å². The molecule has 3 aromatic rings. The summed E-state index contributed by atoms with van der Waals surface area (Å²) in [5.74, 6) is 0. The molecule has 1 spiro atoms. The molecular weight excluding hydrogens is 430 g/mol. The monoisotopic (exact) mass is 451 g/mol. The molecule has 2 fully saturated rings. The third-order valence-corrected chi connectivity index (χ3v) is 7.56. The van der Waals surface area contributed by atoms with Crippen molar-refractivity contribution in [1.29, 1.82) is 5.26 Å². The van der Waals surface area contributed by atoms with Crippen LogP contribution in [-0.2, 0) is 17.8 Å². The van der Waals surface area contributed by atoms with Gasteiger partial charge in [0.2, 0.25) is 0 Å². The lowest BCUT2D eigenvalue weighted by molar-refractivity contribution is -0.00114. The van der Waals surface area contributed by atoms with E-state index in [4.69, 9.17) is 16.3 Å². The van der Waals surface area contributed by atoms with Crippen molar-refractivity contribution in [3.8, 4) is 6.07 Å². The maximum absolute atomic E-state index is 12.6. The van der Waals surface area contributed by atoms with Gasteiger partial charge in [0.15, 0.2) is 0 Å². The van der Waals surface area contributed by atoms with Crippen LogP contribution < -0.4 is 0 Å². The van der Waals surface area contributed by atoms with Crippen LogP contribution in [0.15, 0.2) is 47.8 Å². The molecule has 0 N–H and O–H groups in total. The number of rotatable bonds is 4. The fourth-order valence-electron chi connectivity index (χ4n) is 4.58. The third-order valence-electron chi connectivity index (χ3n) is 6.32. The van der Waals surface area contributed by atoms with Crippen LogP contribution in [0.5, 0.6) is 0 Å². The number of piperidine rings is 1. The lowest BCUT2D eigenvalue weighted by Crippen LogP contribution is -2.46. The molecule has 1 aromatic heterocycles. The van der Waals surface area contributed by atoms with Gasteiger partial charge in [0.25, 0.3) is 0 Å². The zero-order valence-electron chi connectivity index (χ0n) is 17.0. The highest BCUT2D eigenvalue weighted by Crippen LogP contribution is 2.36. The van der Waals surface area contributed by atoms with E-state index in [1.165, 1.54) is 15.6 Å². The van der Waals surface area contributed by atoms with Crippen molar-refractivity contribution < 1.29 is 9.53 Å². The number of benzene rings is 2. The highest BCUT2D eigenvalue weighted by atomic mass is 35.5. The Kier molecular flexibility index (Phi) is 5.35. The first-order valence-corrected chi connectivity index (χ1v) is 11.6. The molecule has 0 unspecified atom stereocenters. The van der Waals surface area contributed by atoms with Crippen molar-refractivity contribution in [2.75, 3.05) is 19.6 Å². The van der Waals surface area contributed by atoms with Crippen molar-refractivity contribution in [3.63, 3.8) is 0 Å². The summed E-state index contributed by atoms with van der Waals surface area (Å²) in [4.78, 5) is 16.7. The Morgan fingerprint density at radius 1 is 1.13 bits per heavy atom. The lowest BCUT2D eigenvalue weighted by atomic mass is 9.91.